The first-order chi connectivity index (χ1) is 5.83. The van der Waals surface area contributed by atoms with Crippen LogP contribution in [0.5, 0.6) is 5.75 Å². The van der Waals surface area contributed by atoms with Gasteiger partial charge in [-0.3, -0.25) is 0 Å². The summed E-state index contributed by atoms with van der Waals surface area (Å²) in [5.41, 5.74) is 0.433. The van der Waals surface area contributed by atoms with Gasteiger partial charge in [0, 0.05) is 13.2 Å². The first kappa shape index (κ1) is 8.34. The fourth-order valence-electron chi connectivity index (χ4n) is 0.912. The standard InChI is InChI=1S/C8H9N3O/c1-10-8-6(5-9)7(12-2)3-4-11-8/h3-4H,1-2H3,(H,10,11). The summed E-state index contributed by atoms with van der Waals surface area (Å²) >= 11 is 0. The van der Waals surface area contributed by atoms with Gasteiger partial charge in [-0.2, -0.15) is 5.26 Å². The number of pyridine rings is 1. The minimum atomic E-state index is 0.433. The van der Waals surface area contributed by atoms with E-state index in [1.165, 1.54) is 7.11 Å². The Morgan fingerprint density at radius 1 is 1.67 bits per heavy atom. The maximum atomic E-state index is 8.75. The second-order valence-corrected chi connectivity index (χ2v) is 2.10. The van der Waals surface area contributed by atoms with E-state index in [9.17, 15) is 0 Å². The van der Waals surface area contributed by atoms with E-state index in [1.54, 1.807) is 19.3 Å². The van der Waals surface area contributed by atoms with Crippen LogP contribution in [0.15, 0.2) is 12.3 Å². The minimum absolute atomic E-state index is 0.433. The molecule has 1 aromatic heterocycles. The van der Waals surface area contributed by atoms with Crippen molar-refractivity contribution in [1.29, 1.82) is 5.26 Å². The number of rotatable bonds is 2. The summed E-state index contributed by atoms with van der Waals surface area (Å²) < 4.78 is 4.98. The summed E-state index contributed by atoms with van der Waals surface area (Å²) in [6, 6.07) is 3.67. The number of hydrogen-bond acceptors (Lipinski definition) is 4. The highest BCUT2D eigenvalue weighted by Crippen LogP contribution is 2.21. The van der Waals surface area contributed by atoms with Crippen molar-refractivity contribution in [3.05, 3.63) is 17.8 Å². The molecule has 0 saturated heterocycles. The van der Waals surface area contributed by atoms with Crippen LogP contribution in [-0.4, -0.2) is 19.1 Å². The third-order valence-corrected chi connectivity index (χ3v) is 1.48. The molecular formula is C8H9N3O. The molecule has 0 aliphatic rings. The summed E-state index contributed by atoms with van der Waals surface area (Å²) in [4.78, 5) is 3.96. The van der Waals surface area contributed by atoms with Crippen molar-refractivity contribution in [2.75, 3.05) is 19.5 Å². The van der Waals surface area contributed by atoms with E-state index in [0.717, 1.165) is 0 Å². The molecule has 0 spiro atoms. The molecule has 0 atom stereocenters. The molecular weight excluding hydrogens is 154 g/mol. The third kappa shape index (κ3) is 1.30. The normalized spacial score (nSPS) is 8.75. The zero-order chi connectivity index (χ0) is 8.97. The Morgan fingerprint density at radius 3 is 2.92 bits per heavy atom. The Morgan fingerprint density at radius 2 is 2.42 bits per heavy atom. The Kier molecular flexibility index (Phi) is 2.49. The van der Waals surface area contributed by atoms with Gasteiger partial charge in [0.25, 0.3) is 0 Å². The molecule has 0 aromatic carbocycles. The molecule has 0 aliphatic heterocycles. The second kappa shape index (κ2) is 3.58. The lowest BCUT2D eigenvalue weighted by Crippen LogP contribution is -1.98. The van der Waals surface area contributed by atoms with E-state index in [1.807, 2.05) is 6.07 Å². The van der Waals surface area contributed by atoms with Gasteiger partial charge in [0.15, 0.2) is 0 Å². The minimum Gasteiger partial charge on any atom is -0.495 e. The predicted octanol–water partition coefficient (Wildman–Crippen LogP) is 1.00. The largest absolute Gasteiger partial charge is 0.495 e. The quantitative estimate of drug-likeness (QED) is 0.706. The smallest absolute Gasteiger partial charge is 0.147 e. The molecule has 0 fully saturated rings. The van der Waals surface area contributed by atoms with E-state index in [-0.39, 0.29) is 0 Å². The highest BCUT2D eigenvalue weighted by molar-refractivity contribution is 5.58. The Bertz CT molecular complexity index is 294. The monoisotopic (exact) mass is 163 g/mol. The van der Waals surface area contributed by atoms with E-state index in [2.05, 4.69) is 10.3 Å². The van der Waals surface area contributed by atoms with Gasteiger partial charge < -0.3 is 10.1 Å². The number of nitriles is 1. The van der Waals surface area contributed by atoms with E-state index in [4.69, 9.17) is 10.00 Å². The molecule has 1 N–H and O–H groups in total. The van der Waals surface area contributed by atoms with Gasteiger partial charge in [-0.05, 0) is 6.07 Å². The van der Waals surface area contributed by atoms with E-state index >= 15 is 0 Å². The molecule has 4 nitrogen and oxygen atoms in total. The molecule has 62 valence electrons. The Hall–Kier alpha value is -1.76. The lowest BCUT2D eigenvalue weighted by atomic mass is 10.2. The lowest BCUT2D eigenvalue weighted by molar-refractivity contribution is 0.413. The molecule has 12 heavy (non-hydrogen) atoms. The number of hydrogen-bond donors (Lipinski definition) is 1. The van der Waals surface area contributed by atoms with Crippen molar-refractivity contribution in [2.24, 2.45) is 0 Å². The molecule has 1 heterocycles. The maximum Gasteiger partial charge on any atom is 0.147 e. The van der Waals surface area contributed by atoms with Gasteiger partial charge in [0.1, 0.15) is 23.2 Å². The molecule has 0 bridgehead atoms. The third-order valence-electron chi connectivity index (χ3n) is 1.48. The van der Waals surface area contributed by atoms with E-state index in [0.29, 0.717) is 17.1 Å². The van der Waals surface area contributed by atoms with Gasteiger partial charge in [-0.1, -0.05) is 0 Å². The zero-order valence-corrected chi connectivity index (χ0v) is 6.96. The Balaban J connectivity index is 3.25. The zero-order valence-electron chi connectivity index (χ0n) is 6.96. The number of anilines is 1. The molecule has 0 radical (unpaired) electrons. The highest BCUT2D eigenvalue weighted by Gasteiger charge is 2.07. The van der Waals surface area contributed by atoms with Gasteiger partial charge in [-0.25, -0.2) is 4.98 Å². The maximum absolute atomic E-state index is 8.75. The van der Waals surface area contributed by atoms with Crippen molar-refractivity contribution >= 4 is 5.82 Å². The summed E-state index contributed by atoms with van der Waals surface area (Å²) in [6.07, 6.45) is 1.59. The van der Waals surface area contributed by atoms with Crippen molar-refractivity contribution in [2.45, 2.75) is 0 Å². The summed E-state index contributed by atoms with van der Waals surface area (Å²) in [6.45, 7) is 0. The first-order valence-electron chi connectivity index (χ1n) is 3.44. The first-order valence-corrected chi connectivity index (χ1v) is 3.44. The molecule has 4 heteroatoms. The SMILES string of the molecule is CNc1nccc(OC)c1C#N. The van der Waals surface area contributed by atoms with Crippen molar-refractivity contribution < 1.29 is 4.74 Å². The van der Waals surface area contributed by atoms with Crippen LogP contribution >= 0.6 is 0 Å². The number of aromatic nitrogens is 1. The summed E-state index contributed by atoms with van der Waals surface area (Å²) in [5, 5.41) is 11.6. The number of nitrogens with zero attached hydrogens (tertiary/aromatic N) is 2. The van der Waals surface area contributed by atoms with Gasteiger partial charge in [0.2, 0.25) is 0 Å². The molecule has 0 amide bonds. The highest BCUT2D eigenvalue weighted by atomic mass is 16.5. The molecule has 0 unspecified atom stereocenters. The average Bonchev–Trinajstić information content (AvgIpc) is 2.16. The molecule has 0 saturated carbocycles. The van der Waals surface area contributed by atoms with Crippen LogP contribution < -0.4 is 10.1 Å². The van der Waals surface area contributed by atoms with Crippen LogP contribution in [0.25, 0.3) is 0 Å². The summed E-state index contributed by atoms with van der Waals surface area (Å²) in [7, 11) is 3.23. The van der Waals surface area contributed by atoms with Gasteiger partial charge in [-0.15, -0.1) is 0 Å². The molecule has 0 aliphatic carbocycles. The lowest BCUT2D eigenvalue weighted by Gasteiger charge is -2.05. The van der Waals surface area contributed by atoms with Gasteiger partial charge >= 0.3 is 0 Å². The Labute approximate surface area is 70.8 Å². The number of methoxy groups -OCH3 is 1. The van der Waals surface area contributed by atoms with Crippen LogP contribution in [0.1, 0.15) is 5.56 Å². The summed E-state index contributed by atoms with van der Waals surface area (Å²) in [5.74, 6) is 1.08. The number of nitrogens with one attached hydrogen (secondary N) is 1. The van der Waals surface area contributed by atoms with E-state index < -0.39 is 0 Å². The molecule has 1 rings (SSSR count). The van der Waals surface area contributed by atoms with Crippen molar-refractivity contribution in [3.63, 3.8) is 0 Å². The van der Waals surface area contributed by atoms with Crippen molar-refractivity contribution in [3.8, 4) is 11.8 Å². The second-order valence-electron chi connectivity index (χ2n) is 2.10. The molecule has 1 aromatic rings. The van der Waals surface area contributed by atoms with Crippen LogP contribution in [0.2, 0.25) is 0 Å². The fourth-order valence-corrected chi connectivity index (χ4v) is 0.912. The average molecular weight is 163 g/mol. The predicted molar refractivity (Wildman–Crippen MR) is 45.1 cm³/mol. The number of ether oxygens (including phenoxy) is 1. The topological polar surface area (TPSA) is 57.9 Å². The fraction of sp³-hybridized carbons (Fsp3) is 0.250. The van der Waals surface area contributed by atoms with Crippen LogP contribution in [0, 0.1) is 11.3 Å². The van der Waals surface area contributed by atoms with Gasteiger partial charge in [0.05, 0.1) is 7.11 Å². The van der Waals surface area contributed by atoms with Crippen molar-refractivity contribution in [1.82, 2.24) is 4.98 Å². The van der Waals surface area contributed by atoms with Crippen LogP contribution in [0.3, 0.4) is 0 Å². The van der Waals surface area contributed by atoms with Crippen LogP contribution in [-0.2, 0) is 0 Å². The van der Waals surface area contributed by atoms with Crippen LogP contribution in [0.4, 0.5) is 5.82 Å².